The molecule has 0 saturated carbocycles. The Balaban J connectivity index is 0.00000456. The summed E-state index contributed by atoms with van der Waals surface area (Å²) in [6.07, 6.45) is 2.82. The second-order valence-corrected chi connectivity index (χ2v) is 9.94. The van der Waals surface area contributed by atoms with E-state index in [9.17, 15) is 9.59 Å². The quantitative estimate of drug-likeness (QED) is 0.426. The van der Waals surface area contributed by atoms with Crippen molar-refractivity contribution in [3.63, 3.8) is 0 Å². The molecule has 198 valence electrons. The van der Waals surface area contributed by atoms with Gasteiger partial charge in [-0.25, -0.2) is 4.79 Å². The number of rotatable bonds is 9. The van der Waals surface area contributed by atoms with Crippen LogP contribution in [0.25, 0.3) is 0 Å². The van der Waals surface area contributed by atoms with Crippen LogP contribution in [0.1, 0.15) is 48.0 Å². The molecule has 6 nitrogen and oxygen atoms in total. The zero-order valence-corrected chi connectivity index (χ0v) is 23.6. The van der Waals surface area contributed by atoms with Gasteiger partial charge in [0.1, 0.15) is 0 Å². The Hall–Kier alpha value is -1.99. The van der Waals surface area contributed by atoms with Crippen molar-refractivity contribution in [3.05, 3.63) is 69.7 Å². The van der Waals surface area contributed by atoms with Crippen molar-refractivity contribution >= 4 is 47.5 Å². The van der Waals surface area contributed by atoms with Crippen LogP contribution in [0, 0.1) is 0 Å². The number of piperidine rings is 1. The molecule has 1 unspecified atom stereocenters. The Morgan fingerprint density at radius 1 is 1.08 bits per heavy atom. The number of halogens is 3. The number of carbonyl (C=O) groups is 2. The Labute approximate surface area is 231 Å². The number of likely N-dealkylation sites (tertiary alicyclic amines) is 1. The first kappa shape index (κ1) is 30.2. The van der Waals surface area contributed by atoms with Gasteiger partial charge >= 0.3 is 6.03 Å². The number of urea groups is 1. The number of nitrogens with zero attached hydrogens (tertiary/aromatic N) is 3. The summed E-state index contributed by atoms with van der Waals surface area (Å²) in [4.78, 5) is 31.3. The Morgan fingerprint density at radius 3 is 2.33 bits per heavy atom. The fraction of sp³-hybridized carbons (Fsp3) is 0.481. The minimum Gasteiger partial charge on any atom is -0.341 e. The molecule has 0 aromatic heterocycles. The second kappa shape index (κ2) is 14.7. The molecule has 1 aliphatic rings. The van der Waals surface area contributed by atoms with Crippen molar-refractivity contribution in [1.29, 1.82) is 0 Å². The normalized spacial score (nSPS) is 15.0. The van der Waals surface area contributed by atoms with Crippen LogP contribution in [0.4, 0.5) is 4.79 Å². The highest BCUT2D eigenvalue weighted by atomic mass is 35.5. The molecular weight excluding hydrogens is 519 g/mol. The van der Waals surface area contributed by atoms with E-state index in [0.29, 0.717) is 28.7 Å². The molecule has 9 heteroatoms. The van der Waals surface area contributed by atoms with Gasteiger partial charge in [0.25, 0.3) is 5.91 Å². The molecule has 2 aromatic carbocycles. The van der Waals surface area contributed by atoms with Crippen molar-refractivity contribution in [2.45, 2.75) is 38.1 Å². The van der Waals surface area contributed by atoms with Gasteiger partial charge in [0.05, 0.1) is 10.0 Å². The summed E-state index contributed by atoms with van der Waals surface area (Å²) in [7, 11) is 3.53. The molecule has 1 atom stereocenters. The van der Waals surface area contributed by atoms with E-state index in [4.69, 9.17) is 23.2 Å². The molecule has 0 aliphatic carbocycles. The van der Waals surface area contributed by atoms with Crippen LogP contribution in [-0.4, -0.2) is 79.5 Å². The monoisotopic (exact) mass is 554 g/mol. The van der Waals surface area contributed by atoms with Crippen molar-refractivity contribution < 1.29 is 9.59 Å². The van der Waals surface area contributed by atoms with Gasteiger partial charge in [0.15, 0.2) is 0 Å². The second-order valence-electron chi connectivity index (χ2n) is 9.12. The van der Waals surface area contributed by atoms with Crippen LogP contribution in [0.3, 0.4) is 0 Å². The van der Waals surface area contributed by atoms with E-state index < -0.39 is 0 Å². The third-order valence-electron chi connectivity index (χ3n) is 6.88. The Morgan fingerprint density at radius 2 is 1.75 bits per heavy atom. The van der Waals surface area contributed by atoms with Crippen LogP contribution >= 0.6 is 35.6 Å². The van der Waals surface area contributed by atoms with Crippen LogP contribution in [0.2, 0.25) is 10.0 Å². The highest BCUT2D eigenvalue weighted by molar-refractivity contribution is 6.42. The minimum atomic E-state index is -0.00301. The third-order valence-corrected chi connectivity index (χ3v) is 7.62. The summed E-state index contributed by atoms with van der Waals surface area (Å²) in [5.74, 6) is 0.128. The van der Waals surface area contributed by atoms with Crippen molar-refractivity contribution in [2.75, 3.05) is 46.8 Å². The number of nitrogens with one attached hydrogen (secondary N) is 1. The SMILES string of the molecule is CCN(C(=O)NC)C1CCN(CCC(CN(C)C(=O)c2ccccc2)c2ccc(Cl)c(Cl)c2)CC1.Cl. The maximum atomic E-state index is 13.0. The minimum absolute atomic E-state index is 0. The molecule has 2 aromatic rings. The van der Waals surface area contributed by atoms with Crippen LogP contribution in [-0.2, 0) is 0 Å². The van der Waals surface area contributed by atoms with E-state index in [-0.39, 0.29) is 36.3 Å². The molecular formula is C27H37Cl3N4O2. The maximum Gasteiger partial charge on any atom is 0.317 e. The van der Waals surface area contributed by atoms with Gasteiger partial charge in [-0.3, -0.25) is 4.79 Å². The number of likely N-dealkylation sites (N-methyl/N-ethyl adjacent to an activating group) is 1. The fourth-order valence-electron chi connectivity index (χ4n) is 4.85. The predicted molar refractivity (Wildman–Crippen MR) is 151 cm³/mol. The lowest BCUT2D eigenvalue weighted by atomic mass is 9.94. The van der Waals surface area contributed by atoms with Crippen LogP contribution < -0.4 is 5.32 Å². The van der Waals surface area contributed by atoms with Crippen LogP contribution in [0.5, 0.6) is 0 Å². The zero-order chi connectivity index (χ0) is 25.4. The molecule has 1 fully saturated rings. The summed E-state index contributed by atoms with van der Waals surface area (Å²) in [6, 6.07) is 15.4. The molecule has 0 spiro atoms. The van der Waals surface area contributed by atoms with Gasteiger partial charge in [0.2, 0.25) is 0 Å². The fourth-order valence-corrected chi connectivity index (χ4v) is 5.16. The third kappa shape index (κ3) is 8.01. The van der Waals surface area contributed by atoms with Gasteiger partial charge in [-0.05, 0) is 62.6 Å². The summed E-state index contributed by atoms with van der Waals surface area (Å²) in [5.41, 5.74) is 1.76. The van der Waals surface area contributed by atoms with E-state index in [1.807, 2.05) is 67.4 Å². The van der Waals surface area contributed by atoms with Gasteiger partial charge in [-0.1, -0.05) is 47.5 Å². The van der Waals surface area contributed by atoms with E-state index in [1.165, 1.54) is 0 Å². The molecule has 0 radical (unpaired) electrons. The molecule has 1 N–H and O–H groups in total. The van der Waals surface area contributed by atoms with E-state index in [1.54, 1.807) is 11.9 Å². The summed E-state index contributed by atoms with van der Waals surface area (Å²) >= 11 is 12.5. The first-order valence-electron chi connectivity index (χ1n) is 12.3. The smallest absolute Gasteiger partial charge is 0.317 e. The van der Waals surface area contributed by atoms with Crippen molar-refractivity contribution in [1.82, 2.24) is 20.0 Å². The van der Waals surface area contributed by atoms with Gasteiger partial charge in [0, 0.05) is 57.8 Å². The van der Waals surface area contributed by atoms with Crippen molar-refractivity contribution in [2.24, 2.45) is 0 Å². The maximum absolute atomic E-state index is 13.0. The topological polar surface area (TPSA) is 55.9 Å². The standard InChI is InChI=1S/C27H36Cl2N4O2.ClH/c1-4-33(27(35)30-2)23-13-16-32(17-14-23)15-12-22(21-10-11-24(28)25(29)18-21)19-31(3)26(34)20-8-6-5-7-9-20;/h5-11,18,22-23H,4,12-17,19H2,1-3H3,(H,30,35);1H. The first-order chi connectivity index (χ1) is 16.8. The molecule has 1 aliphatic heterocycles. The number of hydrogen-bond donors (Lipinski definition) is 1. The number of benzene rings is 2. The summed E-state index contributed by atoms with van der Waals surface area (Å²) in [6.45, 7) is 6.14. The predicted octanol–water partition coefficient (Wildman–Crippen LogP) is 5.79. The average Bonchev–Trinajstić information content (AvgIpc) is 2.89. The van der Waals surface area contributed by atoms with Crippen molar-refractivity contribution in [3.8, 4) is 0 Å². The summed E-state index contributed by atoms with van der Waals surface area (Å²) in [5, 5.41) is 3.81. The van der Waals surface area contributed by atoms with E-state index >= 15 is 0 Å². The first-order valence-corrected chi connectivity index (χ1v) is 13.1. The lowest BCUT2D eigenvalue weighted by Gasteiger charge is -2.38. The van der Waals surface area contributed by atoms with Gasteiger partial charge in [-0.15, -0.1) is 12.4 Å². The highest BCUT2D eigenvalue weighted by Crippen LogP contribution is 2.29. The number of carbonyl (C=O) groups excluding carboxylic acids is 2. The number of amides is 3. The zero-order valence-electron chi connectivity index (χ0n) is 21.3. The van der Waals surface area contributed by atoms with E-state index in [0.717, 1.165) is 44.5 Å². The molecule has 36 heavy (non-hydrogen) atoms. The Kier molecular flexibility index (Phi) is 12.3. The largest absolute Gasteiger partial charge is 0.341 e. The molecule has 3 amide bonds. The number of hydrogen-bond acceptors (Lipinski definition) is 3. The lowest BCUT2D eigenvalue weighted by Crippen LogP contribution is -2.50. The lowest BCUT2D eigenvalue weighted by molar-refractivity contribution is 0.0779. The average molecular weight is 556 g/mol. The van der Waals surface area contributed by atoms with Gasteiger partial charge < -0.3 is 20.0 Å². The van der Waals surface area contributed by atoms with Gasteiger partial charge in [-0.2, -0.15) is 0 Å². The summed E-state index contributed by atoms with van der Waals surface area (Å²) < 4.78 is 0. The molecule has 1 heterocycles. The van der Waals surface area contributed by atoms with E-state index in [2.05, 4.69) is 10.2 Å². The molecule has 1 saturated heterocycles. The molecule has 0 bridgehead atoms. The Bertz CT molecular complexity index is 984. The van der Waals surface area contributed by atoms with Crippen LogP contribution in [0.15, 0.2) is 48.5 Å². The molecule has 3 rings (SSSR count). The highest BCUT2D eigenvalue weighted by Gasteiger charge is 2.27.